The summed E-state index contributed by atoms with van der Waals surface area (Å²) in [5, 5.41) is 0.808. The highest BCUT2D eigenvalue weighted by atomic mass is 35.5. The van der Waals surface area contributed by atoms with Gasteiger partial charge >= 0.3 is 0 Å². The van der Waals surface area contributed by atoms with E-state index >= 15 is 0 Å². The molecule has 1 fully saturated rings. The highest BCUT2D eigenvalue weighted by Crippen LogP contribution is 2.22. The van der Waals surface area contributed by atoms with Gasteiger partial charge in [-0.25, -0.2) is 0 Å². The summed E-state index contributed by atoms with van der Waals surface area (Å²) in [5.41, 5.74) is 7.16. The Balaban J connectivity index is 0.00000162. The van der Waals surface area contributed by atoms with Gasteiger partial charge in [0.25, 0.3) is 0 Å². The van der Waals surface area contributed by atoms with Gasteiger partial charge in [-0.1, -0.05) is 23.7 Å². The van der Waals surface area contributed by atoms with Crippen molar-refractivity contribution < 1.29 is 0 Å². The lowest BCUT2D eigenvalue weighted by molar-refractivity contribution is 0.322. The van der Waals surface area contributed by atoms with Gasteiger partial charge in [-0.3, -0.25) is 0 Å². The van der Waals surface area contributed by atoms with Crippen LogP contribution < -0.4 is 5.73 Å². The predicted octanol–water partition coefficient (Wildman–Crippen LogP) is 3.29. The van der Waals surface area contributed by atoms with Crippen molar-refractivity contribution in [2.45, 2.75) is 25.2 Å². The number of likely N-dealkylation sites (tertiary alicyclic amines) is 1. The molecule has 2 N–H and O–H groups in total. The molecular weight excluding hydrogens is 267 g/mol. The fourth-order valence-electron chi connectivity index (χ4n) is 2.53. The lowest BCUT2D eigenvalue weighted by Crippen LogP contribution is -2.24. The highest BCUT2D eigenvalue weighted by Gasteiger charge is 2.15. The van der Waals surface area contributed by atoms with E-state index in [9.17, 15) is 0 Å². The molecule has 1 aromatic rings. The molecule has 1 saturated heterocycles. The Morgan fingerprint density at radius 3 is 2.61 bits per heavy atom. The third-order valence-corrected chi connectivity index (χ3v) is 3.83. The molecular formula is C14H22Cl2N2. The summed E-state index contributed by atoms with van der Waals surface area (Å²) in [6, 6.07) is 8.10. The zero-order valence-electron chi connectivity index (χ0n) is 10.6. The monoisotopic (exact) mass is 288 g/mol. The first kappa shape index (κ1) is 15.8. The normalized spacial score (nSPS) is 17.4. The average Bonchev–Trinajstić information content (AvgIpc) is 2.83. The van der Waals surface area contributed by atoms with E-state index < -0.39 is 0 Å². The molecule has 0 saturated carbocycles. The van der Waals surface area contributed by atoms with Gasteiger partial charge in [0.05, 0.1) is 0 Å². The van der Waals surface area contributed by atoms with Gasteiger partial charge in [-0.05, 0) is 69.1 Å². The van der Waals surface area contributed by atoms with E-state index in [0.717, 1.165) is 18.0 Å². The Hall–Kier alpha value is -0.280. The highest BCUT2D eigenvalue weighted by molar-refractivity contribution is 6.30. The molecule has 1 aromatic carbocycles. The van der Waals surface area contributed by atoms with Crippen LogP contribution in [0.2, 0.25) is 5.02 Å². The van der Waals surface area contributed by atoms with E-state index in [1.54, 1.807) is 0 Å². The summed E-state index contributed by atoms with van der Waals surface area (Å²) in [4.78, 5) is 2.53. The fourth-order valence-corrected chi connectivity index (χ4v) is 2.72. The molecule has 1 heterocycles. The van der Waals surface area contributed by atoms with Gasteiger partial charge in [0, 0.05) is 5.02 Å². The quantitative estimate of drug-likeness (QED) is 0.901. The van der Waals surface area contributed by atoms with Crippen molar-refractivity contribution in [3.8, 4) is 0 Å². The van der Waals surface area contributed by atoms with E-state index in [1.807, 2.05) is 18.2 Å². The third kappa shape index (κ3) is 4.43. The fraction of sp³-hybridized carbons (Fsp3) is 0.571. The SMILES string of the molecule is Cl.NCC(CCN1CCCC1)c1cccc(Cl)c1. The summed E-state index contributed by atoms with van der Waals surface area (Å²) in [6.45, 7) is 4.38. The minimum atomic E-state index is 0. The van der Waals surface area contributed by atoms with Crippen LogP contribution in [-0.4, -0.2) is 31.1 Å². The van der Waals surface area contributed by atoms with Gasteiger partial charge in [-0.2, -0.15) is 0 Å². The van der Waals surface area contributed by atoms with Crippen LogP contribution in [0.1, 0.15) is 30.7 Å². The van der Waals surface area contributed by atoms with Gasteiger partial charge in [0.2, 0.25) is 0 Å². The molecule has 0 spiro atoms. The molecule has 1 aliphatic rings. The smallest absolute Gasteiger partial charge is 0.0408 e. The molecule has 0 radical (unpaired) electrons. The van der Waals surface area contributed by atoms with Crippen LogP contribution in [0.3, 0.4) is 0 Å². The van der Waals surface area contributed by atoms with Crippen molar-refractivity contribution in [3.05, 3.63) is 34.9 Å². The minimum absolute atomic E-state index is 0. The molecule has 0 bridgehead atoms. The van der Waals surface area contributed by atoms with Gasteiger partial charge < -0.3 is 10.6 Å². The van der Waals surface area contributed by atoms with Gasteiger partial charge in [0.1, 0.15) is 0 Å². The van der Waals surface area contributed by atoms with Gasteiger partial charge in [-0.15, -0.1) is 12.4 Å². The van der Waals surface area contributed by atoms with Crippen molar-refractivity contribution in [1.82, 2.24) is 4.90 Å². The Kier molecular flexibility index (Phi) is 7.02. The van der Waals surface area contributed by atoms with Crippen molar-refractivity contribution >= 4 is 24.0 Å². The summed E-state index contributed by atoms with van der Waals surface area (Å²) >= 11 is 6.02. The summed E-state index contributed by atoms with van der Waals surface area (Å²) < 4.78 is 0. The van der Waals surface area contributed by atoms with Crippen molar-refractivity contribution in [1.29, 1.82) is 0 Å². The molecule has 1 unspecified atom stereocenters. The molecule has 0 amide bonds. The first-order valence-corrected chi connectivity index (χ1v) is 6.85. The maximum Gasteiger partial charge on any atom is 0.0408 e. The summed E-state index contributed by atoms with van der Waals surface area (Å²) in [7, 11) is 0. The van der Waals surface area contributed by atoms with E-state index in [2.05, 4.69) is 11.0 Å². The third-order valence-electron chi connectivity index (χ3n) is 3.60. The van der Waals surface area contributed by atoms with E-state index in [0.29, 0.717) is 12.5 Å². The summed E-state index contributed by atoms with van der Waals surface area (Å²) in [5.74, 6) is 0.439. The Labute approximate surface area is 121 Å². The molecule has 2 rings (SSSR count). The maximum atomic E-state index is 6.02. The molecule has 1 atom stereocenters. The molecule has 2 nitrogen and oxygen atoms in total. The number of halogens is 2. The summed E-state index contributed by atoms with van der Waals surface area (Å²) in [6.07, 6.45) is 3.84. The Morgan fingerprint density at radius 2 is 2.00 bits per heavy atom. The first-order valence-electron chi connectivity index (χ1n) is 6.47. The van der Waals surface area contributed by atoms with Crippen molar-refractivity contribution in [3.63, 3.8) is 0 Å². The van der Waals surface area contributed by atoms with Crippen LogP contribution in [0.25, 0.3) is 0 Å². The van der Waals surface area contributed by atoms with Crippen LogP contribution in [0, 0.1) is 0 Å². The maximum absolute atomic E-state index is 6.02. The number of nitrogens with zero attached hydrogens (tertiary/aromatic N) is 1. The second kappa shape index (κ2) is 8.00. The Bertz CT molecular complexity index is 351. The lowest BCUT2D eigenvalue weighted by atomic mass is 9.96. The van der Waals surface area contributed by atoms with E-state index in [1.165, 1.54) is 31.5 Å². The van der Waals surface area contributed by atoms with Crippen molar-refractivity contribution in [2.75, 3.05) is 26.2 Å². The molecule has 1 aliphatic heterocycles. The number of benzene rings is 1. The molecule has 18 heavy (non-hydrogen) atoms. The molecule has 0 aliphatic carbocycles. The zero-order chi connectivity index (χ0) is 12.1. The number of hydrogen-bond acceptors (Lipinski definition) is 2. The molecule has 4 heteroatoms. The van der Waals surface area contributed by atoms with Crippen LogP contribution >= 0.6 is 24.0 Å². The van der Waals surface area contributed by atoms with Crippen LogP contribution in [0.4, 0.5) is 0 Å². The largest absolute Gasteiger partial charge is 0.330 e. The predicted molar refractivity (Wildman–Crippen MR) is 80.8 cm³/mol. The number of nitrogens with two attached hydrogens (primary N) is 1. The number of rotatable bonds is 5. The van der Waals surface area contributed by atoms with Crippen LogP contribution in [0.15, 0.2) is 24.3 Å². The van der Waals surface area contributed by atoms with E-state index in [-0.39, 0.29) is 12.4 Å². The average molecular weight is 289 g/mol. The zero-order valence-corrected chi connectivity index (χ0v) is 12.2. The second-order valence-electron chi connectivity index (χ2n) is 4.83. The molecule has 102 valence electrons. The standard InChI is InChI=1S/C14H21ClN2.ClH/c15-14-5-3-4-12(10-14)13(11-16)6-9-17-7-1-2-8-17;/h3-5,10,13H,1-2,6-9,11,16H2;1H. The van der Waals surface area contributed by atoms with E-state index in [4.69, 9.17) is 17.3 Å². The van der Waals surface area contributed by atoms with Crippen LogP contribution in [-0.2, 0) is 0 Å². The number of hydrogen-bond donors (Lipinski definition) is 1. The Morgan fingerprint density at radius 1 is 1.28 bits per heavy atom. The lowest BCUT2D eigenvalue weighted by Gasteiger charge is -2.20. The minimum Gasteiger partial charge on any atom is -0.330 e. The second-order valence-corrected chi connectivity index (χ2v) is 5.26. The van der Waals surface area contributed by atoms with Gasteiger partial charge in [0.15, 0.2) is 0 Å². The first-order chi connectivity index (χ1) is 8.29. The van der Waals surface area contributed by atoms with Crippen LogP contribution in [0.5, 0.6) is 0 Å². The van der Waals surface area contributed by atoms with Crippen molar-refractivity contribution in [2.24, 2.45) is 5.73 Å². The topological polar surface area (TPSA) is 29.3 Å². The molecule has 0 aromatic heterocycles.